The zero-order valence-corrected chi connectivity index (χ0v) is 9.94. The first-order chi connectivity index (χ1) is 8.43. The molecule has 0 aromatic heterocycles. The number of hydrogen-bond acceptors (Lipinski definition) is 5. The van der Waals surface area contributed by atoms with Gasteiger partial charge in [-0.25, -0.2) is 0 Å². The summed E-state index contributed by atoms with van der Waals surface area (Å²) < 4.78 is 0. The molecule has 1 rings (SSSR count). The molecule has 0 bridgehead atoms. The van der Waals surface area contributed by atoms with Crippen molar-refractivity contribution in [2.24, 2.45) is 5.73 Å². The number of carbonyl (C=O) groups excluding carboxylic acids is 2. The van der Waals surface area contributed by atoms with Crippen molar-refractivity contribution in [3.63, 3.8) is 0 Å². The van der Waals surface area contributed by atoms with Crippen LogP contribution >= 0.6 is 11.6 Å². The number of halogens is 1. The molecule has 0 spiro atoms. The molecule has 0 heterocycles. The van der Waals surface area contributed by atoms with Crippen molar-refractivity contribution in [3.8, 4) is 0 Å². The van der Waals surface area contributed by atoms with Gasteiger partial charge in [0, 0.05) is 11.1 Å². The fourth-order valence-corrected chi connectivity index (χ4v) is 1.37. The molecule has 0 saturated carbocycles. The maximum atomic E-state index is 11.4. The molecule has 96 valence electrons. The standard InChI is InChI=1S/C10H10ClN3O4/c11-6-1-2-8(9(3-6)14(17)18)13-10(16)4-7(15)5-12/h1-3H,4-5,12H2,(H,13,16). The number of benzene rings is 1. The fourth-order valence-electron chi connectivity index (χ4n) is 1.21. The van der Waals surface area contributed by atoms with Gasteiger partial charge in [0.15, 0.2) is 5.78 Å². The summed E-state index contributed by atoms with van der Waals surface area (Å²) in [7, 11) is 0. The molecule has 18 heavy (non-hydrogen) atoms. The van der Waals surface area contributed by atoms with Crippen LogP contribution in [0.25, 0.3) is 0 Å². The van der Waals surface area contributed by atoms with Crippen LogP contribution < -0.4 is 11.1 Å². The molecule has 0 fully saturated rings. The van der Waals surface area contributed by atoms with Crippen molar-refractivity contribution in [1.29, 1.82) is 0 Å². The molecule has 8 heteroatoms. The van der Waals surface area contributed by atoms with Crippen molar-refractivity contribution in [2.45, 2.75) is 6.42 Å². The first kappa shape index (κ1) is 14.1. The zero-order chi connectivity index (χ0) is 13.7. The average molecular weight is 272 g/mol. The Balaban J connectivity index is 2.87. The molecule has 0 unspecified atom stereocenters. The lowest BCUT2D eigenvalue weighted by Gasteiger charge is -2.05. The van der Waals surface area contributed by atoms with Crippen LogP contribution in [0.15, 0.2) is 18.2 Å². The number of nitro groups is 1. The third-order valence-corrected chi connectivity index (χ3v) is 2.25. The number of amides is 1. The summed E-state index contributed by atoms with van der Waals surface area (Å²) in [4.78, 5) is 32.4. The van der Waals surface area contributed by atoms with Gasteiger partial charge in [-0.3, -0.25) is 19.7 Å². The van der Waals surface area contributed by atoms with E-state index in [1.54, 1.807) is 0 Å². The van der Waals surface area contributed by atoms with E-state index in [9.17, 15) is 19.7 Å². The number of carbonyl (C=O) groups is 2. The number of nitrogens with zero attached hydrogens (tertiary/aromatic N) is 1. The van der Waals surface area contributed by atoms with Crippen LogP contribution in [0.1, 0.15) is 6.42 Å². The highest BCUT2D eigenvalue weighted by molar-refractivity contribution is 6.31. The van der Waals surface area contributed by atoms with Gasteiger partial charge in [-0.15, -0.1) is 0 Å². The second-order valence-electron chi connectivity index (χ2n) is 3.39. The molecule has 0 saturated heterocycles. The molecule has 1 amide bonds. The lowest BCUT2D eigenvalue weighted by atomic mass is 10.2. The van der Waals surface area contributed by atoms with Gasteiger partial charge in [-0.05, 0) is 12.1 Å². The number of Topliss-reactive ketones (excluding diaryl/α,β-unsaturated/α-hetero) is 1. The summed E-state index contributed by atoms with van der Waals surface area (Å²) in [6, 6.07) is 3.81. The third kappa shape index (κ3) is 3.79. The Labute approximate surface area is 107 Å². The van der Waals surface area contributed by atoms with E-state index in [1.807, 2.05) is 0 Å². The third-order valence-electron chi connectivity index (χ3n) is 2.02. The lowest BCUT2D eigenvalue weighted by Crippen LogP contribution is -2.22. The molecule has 0 radical (unpaired) electrons. The predicted octanol–water partition coefficient (Wildman–Crippen LogP) is 1.10. The minimum absolute atomic E-state index is 0.0146. The quantitative estimate of drug-likeness (QED) is 0.473. The van der Waals surface area contributed by atoms with Crippen LogP contribution in [-0.2, 0) is 9.59 Å². The number of nitrogens with two attached hydrogens (primary N) is 1. The van der Waals surface area contributed by atoms with Crippen molar-refractivity contribution in [3.05, 3.63) is 33.3 Å². The van der Waals surface area contributed by atoms with E-state index in [0.717, 1.165) is 6.07 Å². The number of anilines is 1. The highest BCUT2D eigenvalue weighted by Crippen LogP contribution is 2.27. The summed E-state index contributed by atoms with van der Waals surface area (Å²) >= 11 is 5.62. The number of nitrogens with one attached hydrogen (secondary N) is 1. The van der Waals surface area contributed by atoms with Gasteiger partial charge in [0.1, 0.15) is 5.69 Å². The Morgan fingerprint density at radius 1 is 1.44 bits per heavy atom. The second kappa shape index (κ2) is 6.08. The minimum atomic E-state index is -0.674. The van der Waals surface area contributed by atoms with Gasteiger partial charge in [0.05, 0.1) is 17.9 Å². The largest absolute Gasteiger partial charge is 0.324 e. The van der Waals surface area contributed by atoms with E-state index in [-0.39, 0.29) is 22.9 Å². The molecule has 0 aliphatic carbocycles. The van der Waals surface area contributed by atoms with E-state index in [1.165, 1.54) is 12.1 Å². The van der Waals surface area contributed by atoms with Crippen LogP contribution in [0.2, 0.25) is 5.02 Å². The van der Waals surface area contributed by atoms with Gasteiger partial charge >= 0.3 is 0 Å². The van der Waals surface area contributed by atoms with Gasteiger partial charge < -0.3 is 11.1 Å². The van der Waals surface area contributed by atoms with E-state index in [4.69, 9.17) is 17.3 Å². The summed E-state index contributed by atoms with van der Waals surface area (Å²) in [5, 5.41) is 13.2. The number of ketones is 1. The average Bonchev–Trinajstić information content (AvgIpc) is 2.30. The Hall–Kier alpha value is -1.99. The molecule has 1 aromatic carbocycles. The van der Waals surface area contributed by atoms with Crippen molar-refractivity contribution >= 4 is 34.7 Å². The van der Waals surface area contributed by atoms with Crippen LogP contribution in [0.3, 0.4) is 0 Å². The van der Waals surface area contributed by atoms with Crippen LogP contribution in [0.4, 0.5) is 11.4 Å². The van der Waals surface area contributed by atoms with Crippen LogP contribution in [-0.4, -0.2) is 23.2 Å². The van der Waals surface area contributed by atoms with Gasteiger partial charge in [0.25, 0.3) is 5.69 Å². The minimum Gasteiger partial charge on any atom is -0.324 e. The molecule has 0 atom stereocenters. The second-order valence-corrected chi connectivity index (χ2v) is 3.82. The normalized spacial score (nSPS) is 9.89. The van der Waals surface area contributed by atoms with Crippen LogP contribution in [0.5, 0.6) is 0 Å². The maximum absolute atomic E-state index is 11.4. The highest BCUT2D eigenvalue weighted by Gasteiger charge is 2.17. The van der Waals surface area contributed by atoms with E-state index < -0.39 is 23.0 Å². The van der Waals surface area contributed by atoms with Crippen molar-refractivity contribution in [2.75, 3.05) is 11.9 Å². The number of rotatable bonds is 5. The smallest absolute Gasteiger partial charge is 0.294 e. The first-order valence-electron chi connectivity index (χ1n) is 4.89. The Bertz CT molecular complexity index is 504. The summed E-state index contributed by atoms with van der Waals surface area (Å²) in [5.74, 6) is -1.11. The SMILES string of the molecule is NCC(=O)CC(=O)Nc1ccc(Cl)cc1[N+](=O)[O-]. The lowest BCUT2D eigenvalue weighted by molar-refractivity contribution is -0.383. The monoisotopic (exact) mass is 271 g/mol. The Kier molecular flexibility index (Phi) is 4.75. The number of hydrogen-bond donors (Lipinski definition) is 2. The topological polar surface area (TPSA) is 115 Å². The van der Waals surface area contributed by atoms with E-state index in [2.05, 4.69) is 5.32 Å². The van der Waals surface area contributed by atoms with Gasteiger partial charge in [0.2, 0.25) is 5.91 Å². The summed E-state index contributed by atoms with van der Waals surface area (Å²) in [6.45, 7) is -0.254. The number of nitro benzene ring substituents is 1. The molecule has 0 aliphatic heterocycles. The predicted molar refractivity (Wildman–Crippen MR) is 65.4 cm³/mol. The van der Waals surface area contributed by atoms with Gasteiger partial charge in [-0.2, -0.15) is 0 Å². The van der Waals surface area contributed by atoms with E-state index in [0.29, 0.717) is 0 Å². The van der Waals surface area contributed by atoms with Crippen molar-refractivity contribution in [1.82, 2.24) is 0 Å². The molecule has 0 aliphatic rings. The highest BCUT2D eigenvalue weighted by atomic mass is 35.5. The Morgan fingerprint density at radius 2 is 2.11 bits per heavy atom. The Morgan fingerprint density at radius 3 is 2.67 bits per heavy atom. The van der Waals surface area contributed by atoms with Gasteiger partial charge in [-0.1, -0.05) is 11.6 Å². The molecule has 7 nitrogen and oxygen atoms in total. The molecule has 1 aromatic rings. The molecule has 3 N–H and O–H groups in total. The zero-order valence-electron chi connectivity index (χ0n) is 9.18. The van der Waals surface area contributed by atoms with Crippen molar-refractivity contribution < 1.29 is 14.5 Å². The van der Waals surface area contributed by atoms with E-state index >= 15 is 0 Å². The molecular formula is C10H10ClN3O4. The first-order valence-corrected chi connectivity index (χ1v) is 5.27. The molecular weight excluding hydrogens is 262 g/mol. The summed E-state index contributed by atoms with van der Waals surface area (Å²) in [5.41, 5.74) is 4.70. The fraction of sp³-hybridized carbons (Fsp3) is 0.200. The van der Waals surface area contributed by atoms with Crippen LogP contribution in [0, 0.1) is 10.1 Å². The maximum Gasteiger partial charge on any atom is 0.294 e. The summed E-state index contributed by atoms with van der Waals surface area (Å²) in [6.07, 6.45) is -0.420.